The highest BCUT2D eigenvalue weighted by molar-refractivity contribution is 6.30. The first-order valence-electron chi connectivity index (χ1n) is 7.04. The Bertz CT molecular complexity index is 573. The van der Waals surface area contributed by atoms with Crippen LogP contribution in [0.5, 0.6) is 0 Å². The maximum atomic E-state index is 5.90. The van der Waals surface area contributed by atoms with Crippen LogP contribution < -0.4 is 5.32 Å². The normalized spacial score (nSPS) is 22.9. The molecular weight excluding hydrogens is 274 g/mol. The molecule has 1 aromatic heterocycles. The van der Waals surface area contributed by atoms with E-state index in [1.807, 2.05) is 24.3 Å². The number of nitrogens with zero attached hydrogens (tertiary/aromatic N) is 2. The van der Waals surface area contributed by atoms with E-state index in [0.717, 1.165) is 43.8 Å². The molecule has 2 heterocycles. The van der Waals surface area contributed by atoms with Crippen LogP contribution >= 0.6 is 11.6 Å². The van der Waals surface area contributed by atoms with E-state index in [2.05, 4.69) is 22.4 Å². The molecule has 1 fully saturated rings. The molecule has 0 radical (unpaired) electrons. The molecule has 1 N–H and O–H groups in total. The molecule has 0 aliphatic carbocycles. The summed E-state index contributed by atoms with van der Waals surface area (Å²) in [6.45, 7) is 4.16. The largest absolute Gasteiger partial charge is 0.338 e. The van der Waals surface area contributed by atoms with Gasteiger partial charge in [0.15, 0.2) is 0 Å². The van der Waals surface area contributed by atoms with Gasteiger partial charge in [-0.05, 0) is 50.1 Å². The summed E-state index contributed by atoms with van der Waals surface area (Å²) in [7, 11) is 0. The molecule has 20 heavy (non-hydrogen) atoms. The molecule has 4 nitrogen and oxygen atoms in total. The number of piperidine rings is 1. The van der Waals surface area contributed by atoms with Gasteiger partial charge in [-0.25, -0.2) is 0 Å². The van der Waals surface area contributed by atoms with Gasteiger partial charge in [0.05, 0.1) is 5.41 Å². The molecule has 2 aromatic rings. The Morgan fingerprint density at radius 1 is 1.35 bits per heavy atom. The van der Waals surface area contributed by atoms with Gasteiger partial charge in [-0.1, -0.05) is 23.7 Å². The lowest BCUT2D eigenvalue weighted by molar-refractivity contribution is 0.221. The standard InChI is InChI=1S/C15H18ClN3O/c1-2-15(8-3-9-17-10-15)14-18-13(19-20-14)11-4-6-12(16)7-5-11/h4-7,17H,2-3,8-10H2,1H3. The zero-order valence-electron chi connectivity index (χ0n) is 11.5. The molecule has 1 aromatic carbocycles. The smallest absolute Gasteiger partial charge is 0.234 e. The molecule has 1 atom stereocenters. The highest BCUT2D eigenvalue weighted by Crippen LogP contribution is 2.34. The number of benzene rings is 1. The van der Waals surface area contributed by atoms with Crippen LogP contribution in [0.1, 0.15) is 32.1 Å². The van der Waals surface area contributed by atoms with Crippen LogP contribution in [-0.2, 0) is 5.41 Å². The van der Waals surface area contributed by atoms with Crippen LogP contribution in [0, 0.1) is 0 Å². The second kappa shape index (κ2) is 5.54. The summed E-state index contributed by atoms with van der Waals surface area (Å²) in [6, 6.07) is 7.50. The van der Waals surface area contributed by atoms with Crippen molar-refractivity contribution in [1.29, 1.82) is 0 Å². The molecule has 1 saturated heterocycles. The van der Waals surface area contributed by atoms with E-state index < -0.39 is 0 Å². The van der Waals surface area contributed by atoms with Crippen molar-refractivity contribution >= 4 is 11.6 Å². The minimum Gasteiger partial charge on any atom is -0.338 e. The van der Waals surface area contributed by atoms with E-state index in [1.165, 1.54) is 0 Å². The van der Waals surface area contributed by atoms with E-state index in [9.17, 15) is 0 Å². The van der Waals surface area contributed by atoms with Crippen molar-refractivity contribution in [2.24, 2.45) is 0 Å². The van der Waals surface area contributed by atoms with Crippen LogP contribution in [0.3, 0.4) is 0 Å². The topological polar surface area (TPSA) is 51.0 Å². The number of halogens is 1. The minimum absolute atomic E-state index is 0.0179. The van der Waals surface area contributed by atoms with Crippen molar-refractivity contribution in [2.75, 3.05) is 13.1 Å². The number of aromatic nitrogens is 2. The fourth-order valence-electron chi connectivity index (χ4n) is 2.76. The molecule has 0 amide bonds. The number of hydrogen-bond acceptors (Lipinski definition) is 4. The SMILES string of the molecule is CCC1(c2nc(-c3ccc(Cl)cc3)no2)CCCNC1. The van der Waals surface area contributed by atoms with E-state index >= 15 is 0 Å². The van der Waals surface area contributed by atoms with Gasteiger partial charge in [0, 0.05) is 17.1 Å². The second-order valence-electron chi connectivity index (χ2n) is 5.34. The average Bonchev–Trinajstić information content (AvgIpc) is 2.99. The molecule has 1 aliphatic rings. The fraction of sp³-hybridized carbons (Fsp3) is 0.467. The molecule has 3 rings (SSSR count). The lowest BCUT2D eigenvalue weighted by Crippen LogP contribution is -2.43. The van der Waals surface area contributed by atoms with Gasteiger partial charge in [0.1, 0.15) is 0 Å². The summed E-state index contributed by atoms with van der Waals surface area (Å²) in [5.74, 6) is 1.38. The molecule has 106 valence electrons. The molecular formula is C15H18ClN3O. The van der Waals surface area contributed by atoms with Crippen LogP contribution in [0.2, 0.25) is 5.02 Å². The number of hydrogen-bond donors (Lipinski definition) is 1. The van der Waals surface area contributed by atoms with Gasteiger partial charge >= 0.3 is 0 Å². The predicted octanol–water partition coefficient (Wildman–Crippen LogP) is 3.42. The van der Waals surface area contributed by atoms with Gasteiger partial charge in [-0.2, -0.15) is 4.98 Å². The summed E-state index contributed by atoms with van der Waals surface area (Å²) in [6.07, 6.45) is 3.24. The van der Waals surface area contributed by atoms with E-state index in [4.69, 9.17) is 16.1 Å². The monoisotopic (exact) mass is 291 g/mol. The Kier molecular flexibility index (Phi) is 3.76. The number of nitrogens with one attached hydrogen (secondary N) is 1. The van der Waals surface area contributed by atoms with Crippen molar-refractivity contribution in [3.8, 4) is 11.4 Å². The quantitative estimate of drug-likeness (QED) is 0.941. The molecule has 5 heteroatoms. The predicted molar refractivity (Wildman–Crippen MR) is 78.8 cm³/mol. The van der Waals surface area contributed by atoms with Crippen LogP contribution in [0.25, 0.3) is 11.4 Å². The summed E-state index contributed by atoms with van der Waals surface area (Å²) < 4.78 is 5.55. The van der Waals surface area contributed by atoms with Crippen LogP contribution in [-0.4, -0.2) is 23.2 Å². The number of rotatable bonds is 3. The lowest BCUT2D eigenvalue weighted by Gasteiger charge is -2.33. The average molecular weight is 292 g/mol. The molecule has 1 aliphatic heterocycles. The summed E-state index contributed by atoms with van der Waals surface area (Å²) in [4.78, 5) is 4.62. The Morgan fingerprint density at radius 3 is 2.80 bits per heavy atom. The highest BCUT2D eigenvalue weighted by atomic mass is 35.5. The Hall–Kier alpha value is -1.39. The van der Waals surface area contributed by atoms with Crippen molar-refractivity contribution in [3.63, 3.8) is 0 Å². The van der Waals surface area contributed by atoms with Gasteiger partial charge in [-0.3, -0.25) is 0 Å². The van der Waals surface area contributed by atoms with Crippen molar-refractivity contribution in [2.45, 2.75) is 31.6 Å². The van der Waals surface area contributed by atoms with E-state index in [0.29, 0.717) is 10.8 Å². The van der Waals surface area contributed by atoms with Crippen molar-refractivity contribution < 1.29 is 4.52 Å². The van der Waals surface area contributed by atoms with E-state index in [1.54, 1.807) is 0 Å². The first kappa shape index (κ1) is 13.6. The molecule has 0 saturated carbocycles. The Morgan fingerprint density at radius 2 is 2.15 bits per heavy atom. The summed E-state index contributed by atoms with van der Waals surface area (Å²) in [5, 5.41) is 8.27. The van der Waals surface area contributed by atoms with Gasteiger partial charge in [-0.15, -0.1) is 0 Å². The Balaban J connectivity index is 1.91. The second-order valence-corrected chi connectivity index (χ2v) is 5.78. The third kappa shape index (κ3) is 2.45. The fourth-order valence-corrected chi connectivity index (χ4v) is 2.88. The third-order valence-corrected chi connectivity index (χ3v) is 4.38. The van der Waals surface area contributed by atoms with Gasteiger partial charge in [0.25, 0.3) is 0 Å². The lowest BCUT2D eigenvalue weighted by atomic mass is 9.78. The van der Waals surface area contributed by atoms with Crippen LogP contribution in [0.4, 0.5) is 0 Å². The zero-order valence-corrected chi connectivity index (χ0v) is 12.3. The summed E-state index contributed by atoms with van der Waals surface area (Å²) >= 11 is 5.90. The molecule has 0 bridgehead atoms. The Labute approximate surface area is 123 Å². The third-order valence-electron chi connectivity index (χ3n) is 4.13. The molecule has 1 unspecified atom stereocenters. The van der Waals surface area contributed by atoms with Gasteiger partial charge in [0.2, 0.25) is 11.7 Å². The summed E-state index contributed by atoms with van der Waals surface area (Å²) in [5.41, 5.74) is 0.912. The van der Waals surface area contributed by atoms with Gasteiger partial charge < -0.3 is 9.84 Å². The maximum Gasteiger partial charge on any atom is 0.234 e. The zero-order chi connectivity index (χ0) is 14.0. The van der Waals surface area contributed by atoms with E-state index in [-0.39, 0.29) is 5.41 Å². The molecule has 0 spiro atoms. The minimum atomic E-state index is -0.0179. The van der Waals surface area contributed by atoms with Crippen molar-refractivity contribution in [1.82, 2.24) is 15.5 Å². The highest BCUT2D eigenvalue weighted by Gasteiger charge is 2.37. The van der Waals surface area contributed by atoms with Crippen molar-refractivity contribution in [3.05, 3.63) is 35.2 Å². The first-order chi connectivity index (χ1) is 9.73. The van der Waals surface area contributed by atoms with Crippen LogP contribution in [0.15, 0.2) is 28.8 Å². The first-order valence-corrected chi connectivity index (χ1v) is 7.42. The maximum absolute atomic E-state index is 5.90.